The maximum atomic E-state index is 10.9. The van der Waals surface area contributed by atoms with Gasteiger partial charge in [0.15, 0.2) is 5.12 Å². The molecule has 1 aromatic carbocycles. The van der Waals surface area contributed by atoms with Crippen LogP contribution in [0, 0.1) is 0 Å². The Bertz CT molecular complexity index is 491. The molecule has 0 aliphatic carbocycles. The minimum Gasteiger partial charge on any atom is -0.478 e. The first-order valence-corrected chi connectivity index (χ1v) is 7.12. The lowest BCUT2D eigenvalue weighted by Crippen LogP contribution is -2.21. The molecule has 2 atom stereocenters. The third-order valence-electron chi connectivity index (χ3n) is 2.33. The van der Waals surface area contributed by atoms with Gasteiger partial charge >= 0.3 is 5.97 Å². The van der Waals surface area contributed by atoms with Gasteiger partial charge in [0.2, 0.25) is 0 Å². The lowest BCUT2D eigenvalue weighted by Gasteiger charge is -2.18. The molecule has 0 saturated heterocycles. The Morgan fingerprint density at radius 3 is 2.47 bits per heavy atom. The van der Waals surface area contributed by atoms with E-state index >= 15 is 0 Å². The Morgan fingerprint density at radius 1 is 1.32 bits per heavy atom. The van der Waals surface area contributed by atoms with Crippen molar-refractivity contribution in [1.29, 1.82) is 0 Å². The van der Waals surface area contributed by atoms with E-state index in [9.17, 15) is 19.8 Å². The Kier molecular flexibility index (Phi) is 5.99. The maximum absolute atomic E-state index is 10.9. The molecular formula is C12H13BrO5S. The summed E-state index contributed by atoms with van der Waals surface area (Å²) in [5, 5.41) is 28.5. The van der Waals surface area contributed by atoms with E-state index in [4.69, 9.17) is 5.11 Å². The molecule has 0 spiro atoms. The van der Waals surface area contributed by atoms with Crippen molar-refractivity contribution in [2.75, 3.05) is 5.75 Å². The molecule has 2 unspecified atom stereocenters. The van der Waals surface area contributed by atoms with Crippen LogP contribution < -0.4 is 0 Å². The van der Waals surface area contributed by atoms with Crippen molar-refractivity contribution >= 4 is 38.8 Å². The molecule has 0 saturated carbocycles. The maximum Gasteiger partial charge on any atom is 0.335 e. The van der Waals surface area contributed by atoms with Crippen LogP contribution in [0.1, 0.15) is 28.9 Å². The average Bonchev–Trinajstić information content (AvgIpc) is 2.34. The van der Waals surface area contributed by atoms with E-state index < -0.39 is 18.2 Å². The molecule has 0 radical (unpaired) electrons. The van der Waals surface area contributed by atoms with Gasteiger partial charge in [-0.15, -0.1) is 0 Å². The molecule has 19 heavy (non-hydrogen) atoms. The van der Waals surface area contributed by atoms with Crippen molar-refractivity contribution in [3.05, 3.63) is 33.8 Å². The van der Waals surface area contributed by atoms with Crippen LogP contribution in [-0.2, 0) is 4.79 Å². The number of thioether (sulfide) groups is 1. The number of carbonyl (C=O) groups is 2. The summed E-state index contributed by atoms with van der Waals surface area (Å²) < 4.78 is 0.493. The molecule has 0 amide bonds. The SMILES string of the molecule is CC(=O)SCC(O)C(O)c1cc(Br)cc(C(=O)O)c1. The second-order valence-electron chi connectivity index (χ2n) is 3.89. The number of aliphatic hydroxyl groups is 2. The highest BCUT2D eigenvalue weighted by Gasteiger charge is 2.21. The predicted molar refractivity (Wildman–Crippen MR) is 75.2 cm³/mol. The average molecular weight is 349 g/mol. The van der Waals surface area contributed by atoms with Crippen molar-refractivity contribution < 1.29 is 24.9 Å². The fourth-order valence-corrected chi connectivity index (χ4v) is 2.52. The number of aromatic carboxylic acids is 1. The number of benzene rings is 1. The molecule has 5 nitrogen and oxygen atoms in total. The molecule has 1 rings (SSSR count). The van der Waals surface area contributed by atoms with Gasteiger partial charge in [-0.1, -0.05) is 27.7 Å². The standard InChI is InChI=1S/C12H13BrO5S/c1-6(14)19-5-10(15)11(16)7-2-8(12(17)18)4-9(13)3-7/h2-4,10-11,15-16H,5H2,1H3,(H,17,18). The summed E-state index contributed by atoms with van der Waals surface area (Å²) in [4.78, 5) is 21.7. The predicted octanol–water partition coefficient (Wildman–Crippen LogP) is 1.82. The Hall–Kier alpha value is -0.890. The van der Waals surface area contributed by atoms with Crippen LogP contribution in [0.3, 0.4) is 0 Å². The van der Waals surface area contributed by atoms with E-state index in [1.54, 1.807) is 0 Å². The number of carboxylic acid groups (broad SMARTS) is 1. The van der Waals surface area contributed by atoms with Gasteiger partial charge in [-0.05, 0) is 23.8 Å². The summed E-state index contributed by atoms with van der Waals surface area (Å²) in [6, 6.07) is 4.22. The van der Waals surface area contributed by atoms with Crippen LogP contribution in [0.25, 0.3) is 0 Å². The van der Waals surface area contributed by atoms with E-state index in [1.165, 1.54) is 25.1 Å². The largest absolute Gasteiger partial charge is 0.478 e. The highest BCUT2D eigenvalue weighted by molar-refractivity contribution is 9.10. The van der Waals surface area contributed by atoms with Crippen LogP contribution in [0.15, 0.2) is 22.7 Å². The third kappa shape index (κ3) is 4.94. The van der Waals surface area contributed by atoms with E-state index in [0.29, 0.717) is 4.47 Å². The fourth-order valence-electron chi connectivity index (χ4n) is 1.42. The third-order valence-corrected chi connectivity index (χ3v) is 3.70. The highest BCUT2D eigenvalue weighted by Crippen LogP contribution is 2.25. The number of hydrogen-bond acceptors (Lipinski definition) is 5. The van der Waals surface area contributed by atoms with Crippen molar-refractivity contribution in [2.24, 2.45) is 0 Å². The Labute approximate surface area is 122 Å². The number of hydrogen-bond donors (Lipinski definition) is 3. The van der Waals surface area contributed by atoms with Gasteiger partial charge in [-0.3, -0.25) is 4.79 Å². The molecular weight excluding hydrogens is 336 g/mol. The zero-order valence-corrected chi connectivity index (χ0v) is 12.4. The summed E-state index contributed by atoms with van der Waals surface area (Å²) in [5.74, 6) is -1.08. The Morgan fingerprint density at radius 2 is 1.95 bits per heavy atom. The smallest absolute Gasteiger partial charge is 0.335 e. The summed E-state index contributed by atoms with van der Waals surface area (Å²) >= 11 is 4.05. The van der Waals surface area contributed by atoms with E-state index in [1.807, 2.05) is 0 Å². The number of carbonyl (C=O) groups excluding carboxylic acids is 1. The normalized spacial score (nSPS) is 13.9. The molecule has 0 bridgehead atoms. The minimum absolute atomic E-state index is 0.00912. The molecule has 1 aromatic rings. The van der Waals surface area contributed by atoms with Crippen LogP contribution in [0.5, 0.6) is 0 Å². The van der Waals surface area contributed by atoms with E-state index in [-0.39, 0.29) is 22.0 Å². The zero-order chi connectivity index (χ0) is 14.6. The summed E-state index contributed by atoms with van der Waals surface area (Å²) in [6.07, 6.45) is -2.40. The molecule has 0 fully saturated rings. The first-order chi connectivity index (χ1) is 8.81. The Balaban J connectivity index is 2.89. The van der Waals surface area contributed by atoms with Crippen molar-refractivity contribution in [3.8, 4) is 0 Å². The number of carboxylic acids is 1. The van der Waals surface area contributed by atoms with Gasteiger partial charge in [-0.2, -0.15) is 0 Å². The van der Waals surface area contributed by atoms with Gasteiger partial charge in [0.25, 0.3) is 0 Å². The molecule has 0 aliphatic heterocycles. The van der Waals surface area contributed by atoms with Crippen molar-refractivity contribution in [3.63, 3.8) is 0 Å². The summed E-state index contributed by atoms with van der Waals surface area (Å²) in [5.41, 5.74) is 0.290. The van der Waals surface area contributed by atoms with E-state index in [0.717, 1.165) is 11.8 Å². The van der Waals surface area contributed by atoms with Gasteiger partial charge in [-0.25, -0.2) is 4.79 Å². The van der Waals surface area contributed by atoms with Crippen LogP contribution in [0.2, 0.25) is 0 Å². The van der Waals surface area contributed by atoms with Crippen molar-refractivity contribution in [1.82, 2.24) is 0 Å². The van der Waals surface area contributed by atoms with E-state index in [2.05, 4.69) is 15.9 Å². The number of aliphatic hydroxyl groups excluding tert-OH is 2. The van der Waals surface area contributed by atoms with Crippen LogP contribution in [-0.4, -0.2) is 38.3 Å². The van der Waals surface area contributed by atoms with Crippen LogP contribution >= 0.6 is 27.7 Å². The lowest BCUT2D eigenvalue weighted by atomic mass is 10.0. The molecule has 0 heterocycles. The topological polar surface area (TPSA) is 94.8 Å². The molecule has 104 valence electrons. The molecule has 3 N–H and O–H groups in total. The molecule has 7 heteroatoms. The van der Waals surface area contributed by atoms with Gasteiger partial charge in [0.1, 0.15) is 6.10 Å². The first-order valence-electron chi connectivity index (χ1n) is 5.34. The first kappa shape index (κ1) is 16.2. The van der Waals surface area contributed by atoms with Gasteiger partial charge in [0, 0.05) is 17.1 Å². The van der Waals surface area contributed by atoms with Gasteiger partial charge in [0.05, 0.1) is 11.7 Å². The molecule has 0 aliphatic rings. The van der Waals surface area contributed by atoms with Crippen LogP contribution in [0.4, 0.5) is 0 Å². The lowest BCUT2D eigenvalue weighted by molar-refractivity contribution is -0.109. The fraction of sp³-hybridized carbons (Fsp3) is 0.333. The number of halogens is 1. The highest BCUT2D eigenvalue weighted by atomic mass is 79.9. The quantitative estimate of drug-likeness (QED) is 0.751. The zero-order valence-electron chi connectivity index (χ0n) is 10.0. The number of rotatable bonds is 5. The summed E-state index contributed by atoms with van der Waals surface area (Å²) in [7, 11) is 0. The summed E-state index contributed by atoms with van der Waals surface area (Å²) in [6.45, 7) is 1.37. The monoisotopic (exact) mass is 348 g/mol. The van der Waals surface area contributed by atoms with Crippen molar-refractivity contribution in [2.45, 2.75) is 19.1 Å². The molecule has 0 aromatic heterocycles. The second kappa shape index (κ2) is 7.04. The second-order valence-corrected chi connectivity index (χ2v) is 6.01. The minimum atomic E-state index is -1.25. The van der Waals surface area contributed by atoms with Gasteiger partial charge < -0.3 is 15.3 Å².